The van der Waals surface area contributed by atoms with Crippen molar-refractivity contribution in [3.8, 4) is 22.8 Å². The van der Waals surface area contributed by atoms with Crippen LogP contribution in [0.15, 0.2) is 54.6 Å². The quantitative estimate of drug-likeness (QED) is 0.456. The van der Waals surface area contributed by atoms with E-state index in [-0.39, 0.29) is 13.0 Å². The van der Waals surface area contributed by atoms with Crippen LogP contribution in [0.2, 0.25) is 0 Å². The van der Waals surface area contributed by atoms with Gasteiger partial charge in [0.25, 0.3) is 5.91 Å². The number of primary amides is 1. The lowest BCUT2D eigenvalue weighted by atomic mass is 9.85. The summed E-state index contributed by atoms with van der Waals surface area (Å²) in [5.41, 5.74) is 7.17. The fraction of sp³-hybridized carbons (Fsp3) is 0.379. The van der Waals surface area contributed by atoms with Crippen LogP contribution in [0.3, 0.4) is 0 Å². The molecule has 0 bridgehead atoms. The summed E-state index contributed by atoms with van der Waals surface area (Å²) < 4.78 is 24.8. The molecule has 3 amide bonds. The summed E-state index contributed by atoms with van der Waals surface area (Å²) in [5, 5.41) is 3.18. The summed E-state index contributed by atoms with van der Waals surface area (Å²) in [7, 11) is 1.58. The number of carbonyl (C=O) groups is 3. The number of amides is 3. The molecule has 2 aromatic carbocycles. The van der Waals surface area contributed by atoms with Gasteiger partial charge in [0, 0.05) is 29.5 Å². The summed E-state index contributed by atoms with van der Waals surface area (Å²) in [4.78, 5) is 43.9. The van der Waals surface area contributed by atoms with E-state index in [1.807, 2.05) is 48.5 Å². The Morgan fingerprint density at radius 3 is 2.49 bits per heavy atom. The SMILES string of the molecule is COc1ccc2c(O[C@@H]3C[C@@H](C(N)=O)N(C(=O)[C@@H](NC(=O)CF)C(C)(C)C)C3)cc(-c3ccccc3)nc2c1. The van der Waals surface area contributed by atoms with Crippen LogP contribution < -0.4 is 20.5 Å². The topological polar surface area (TPSA) is 124 Å². The van der Waals surface area contributed by atoms with Gasteiger partial charge in [-0.2, -0.15) is 0 Å². The highest BCUT2D eigenvalue weighted by Gasteiger charge is 2.45. The summed E-state index contributed by atoms with van der Waals surface area (Å²) in [6.45, 7) is 4.05. The highest BCUT2D eigenvalue weighted by atomic mass is 19.1. The molecule has 0 unspecified atom stereocenters. The first-order valence-corrected chi connectivity index (χ1v) is 12.7. The van der Waals surface area contributed by atoms with E-state index in [2.05, 4.69) is 5.32 Å². The van der Waals surface area contributed by atoms with Gasteiger partial charge in [0.2, 0.25) is 11.8 Å². The number of nitrogens with zero attached hydrogens (tertiary/aromatic N) is 2. The lowest BCUT2D eigenvalue weighted by molar-refractivity contribution is -0.143. The zero-order valence-electron chi connectivity index (χ0n) is 22.4. The Labute approximate surface area is 226 Å². The average molecular weight is 537 g/mol. The van der Waals surface area contributed by atoms with Gasteiger partial charge >= 0.3 is 0 Å². The number of ether oxygens (including phenoxy) is 2. The second-order valence-corrected chi connectivity index (χ2v) is 10.6. The number of nitrogens with one attached hydrogen (secondary N) is 1. The molecule has 0 aliphatic carbocycles. The van der Waals surface area contributed by atoms with Crippen molar-refractivity contribution in [1.29, 1.82) is 0 Å². The fourth-order valence-electron chi connectivity index (χ4n) is 4.75. The minimum Gasteiger partial charge on any atom is -0.497 e. The molecule has 10 heteroatoms. The minimum atomic E-state index is -1.26. The maximum Gasteiger partial charge on any atom is 0.252 e. The number of hydrogen-bond acceptors (Lipinski definition) is 6. The van der Waals surface area contributed by atoms with Crippen molar-refractivity contribution in [2.75, 3.05) is 20.3 Å². The standard InChI is InChI=1S/C29H33FN4O5/c1-29(2,3)26(33-25(35)15-30)28(37)34-16-19(13-23(34)27(31)36)39-24-14-21(17-8-6-5-7-9-17)32-22-12-18(38-4)10-11-20(22)24/h5-12,14,19,23,26H,13,15-16H2,1-4H3,(H2,31,36)(H,33,35)/t19-,23+,26-/m1/s1. The third-order valence-corrected chi connectivity index (χ3v) is 6.76. The molecule has 0 radical (unpaired) electrons. The molecule has 9 nitrogen and oxygen atoms in total. The monoisotopic (exact) mass is 536 g/mol. The summed E-state index contributed by atoms with van der Waals surface area (Å²) in [6.07, 6.45) is -0.407. The van der Waals surface area contributed by atoms with Crippen LogP contribution in [0.1, 0.15) is 27.2 Å². The molecule has 39 heavy (non-hydrogen) atoms. The van der Waals surface area contributed by atoms with E-state index >= 15 is 0 Å². The van der Waals surface area contributed by atoms with Gasteiger partial charge in [-0.3, -0.25) is 14.4 Å². The van der Waals surface area contributed by atoms with Crippen LogP contribution in [0.4, 0.5) is 4.39 Å². The van der Waals surface area contributed by atoms with Crippen molar-refractivity contribution in [3.05, 3.63) is 54.6 Å². The molecular weight excluding hydrogens is 503 g/mol. The molecular formula is C29H33FN4O5. The number of likely N-dealkylation sites (tertiary alicyclic amines) is 1. The van der Waals surface area contributed by atoms with Crippen molar-refractivity contribution in [3.63, 3.8) is 0 Å². The Bertz CT molecular complexity index is 1380. The third kappa shape index (κ3) is 6.10. The van der Waals surface area contributed by atoms with E-state index in [4.69, 9.17) is 20.2 Å². The molecule has 206 valence electrons. The van der Waals surface area contributed by atoms with Gasteiger partial charge in [-0.1, -0.05) is 51.1 Å². The number of nitrogens with two attached hydrogens (primary N) is 1. The molecule has 3 N–H and O–H groups in total. The molecule has 4 rings (SSSR count). The highest BCUT2D eigenvalue weighted by Crippen LogP contribution is 2.35. The van der Waals surface area contributed by atoms with Gasteiger partial charge < -0.3 is 25.4 Å². The Morgan fingerprint density at radius 2 is 1.87 bits per heavy atom. The zero-order valence-corrected chi connectivity index (χ0v) is 22.4. The van der Waals surface area contributed by atoms with Gasteiger partial charge in [-0.25, -0.2) is 9.37 Å². The summed E-state index contributed by atoms with van der Waals surface area (Å²) in [6, 6.07) is 14.9. The second-order valence-electron chi connectivity index (χ2n) is 10.6. The molecule has 1 aliphatic heterocycles. The fourth-order valence-corrected chi connectivity index (χ4v) is 4.75. The zero-order chi connectivity index (χ0) is 28.3. The molecule has 1 aliphatic rings. The Kier molecular flexibility index (Phi) is 8.03. The molecule has 0 spiro atoms. The molecule has 2 heterocycles. The molecule has 3 atom stereocenters. The Balaban J connectivity index is 1.68. The van der Waals surface area contributed by atoms with Gasteiger partial charge in [-0.05, 0) is 17.5 Å². The Hall–Kier alpha value is -4.21. The van der Waals surface area contributed by atoms with E-state index in [0.29, 0.717) is 22.7 Å². The van der Waals surface area contributed by atoms with Crippen LogP contribution in [0.5, 0.6) is 11.5 Å². The van der Waals surface area contributed by atoms with Crippen LogP contribution in [-0.2, 0) is 14.4 Å². The van der Waals surface area contributed by atoms with E-state index in [1.54, 1.807) is 33.9 Å². The summed E-state index contributed by atoms with van der Waals surface area (Å²) in [5.74, 6) is -0.942. The maximum absolute atomic E-state index is 13.6. The van der Waals surface area contributed by atoms with Crippen molar-refractivity contribution >= 4 is 28.6 Å². The van der Waals surface area contributed by atoms with Crippen molar-refractivity contribution in [2.24, 2.45) is 11.1 Å². The number of hydrogen-bond donors (Lipinski definition) is 2. The van der Waals surface area contributed by atoms with Crippen LogP contribution in [0.25, 0.3) is 22.2 Å². The largest absolute Gasteiger partial charge is 0.497 e. The number of pyridine rings is 1. The van der Waals surface area contributed by atoms with E-state index in [0.717, 1.165) is 10.9 Å². The smallest absolute Gasteiger partial charge is 0.252 e. The van der Waals surface area contributed by atoms with Gasteiger partial charge in [-0.15, -0.1) is 0 Å². The summed E-state index contributed by atoms with van der Waals surface area (Å²) >= 11 is 0. The molecule has 0 saturated carbocycles. The second kappa shape index (κ2) is 11.3. The highest BCUT2D eigenvalue weighted by molar-refractivity contribution is 5.93. The first-order chi connectivity index (χ1) is 18.5. The third-order valence-electron chi connectivity index (χ3n) is 6.76. The van der Waals surface area contributed by atoms with Crippen LogP contribution in [-0.4, -0.2) is 66.1 Å². The average Bonchev–Trinajstić information content (AvgIpc) is 3.34. The number of benzene rings is 2. The number of alkyl halides is 1. The van der Waals surface area contributed by atoms with E-state index < -0.39 is 48.0 Å². The van der Waals surface area contributed by atoms with Gasteiger partial charge in [0.1, 0.15) is 29.7 Å². The van der Waals surface area contributed by atoms with Gasteiger partial charge in [0.05, 0.1) is 24.9 Å². The predicted molar refractivity (Wildman–Crippen MR) is 145 cm³/mol. The maximum atomic E-state index is 13.6. The van der Waals surface area contributed by atoms with Crippen LogP contribution in [0, 0.1) is 5.41 Å². The van der Waals surface area contributed by atoms with Gasteiger partial charge in [0.15, 0.2) is 6.67 Å². The number of aromatic nitrogens is 1. The Morgan fingerprint density at radius 1 is 1.15 bits per heavy atom. The normalized spacial score (nSPS) is 18.0. The number of carbonyl (C=O) groups excluding carboxylic acids is 3. The first-order valence-electron chi connectivity index (χ1n) is 12.7. The molecule has 1 fully saturated rings. The number of methoxy groups -OCH3 is 1. The molecule has 3 aromatic rings. The van der Waals surface area contributed by atoms with E-state index in [9.17, 15) is 18.8 Å². The molecule has 1 aromatic heterocycles. The number of fused-ring (bicyclic) bond motifs is 1. The van der Waals surface area contributed by atoms with E-state index in [1.165, 1.54) is 4.90 Å². The van der Waals surface area contributed by atoms with Crippen molar-refractivity contribution in [1.82, 2.24) is 15.2 Å². The van der Waals surface area contributed by atoms with Crippen molar-refractivity contribution < 1.29 is 28.2 Å². The lowest BCUT2D eigenvalue weighted by Gasteiger charge is -2.34. The predicted octanol–water partition coefficient (Wildman–Crippen LogP) is 3.24. The molecule has 1 saturated heterocycles. The number of halogens is 1. The van der Waals surface area contributed by atoms with Crippen molar-refractivity contribution in [2.45, 2.75) is 45.4 Å². The minimum absolute atomic E-state index is 0.0607. The van der Waals surface area contributed by atoms with Crippen LogP contribution >= 0.6 is 0 Å². The number of rotatable bonds is 8. The lowest BCUT2D eigenvalue weighted by Crippen LogP contribution is -2.57. The first kappa shape index (κ1) is 27.8.